The number of halogens is 1. The Hall–Kier alpha value is -2.21. The van der Waals surface area contributed by atoms with Crippen LogP contribution in [0.1, 0.15) is 12.2 Å². The monoisotopic (exact) mass is 303 g/mol. The highest BCUT2D eigenvalue weighted by molar-refractivity contribution is 5.40. The maximum absolute atomic E-state index is 12.9. The summed E-state index contributed by atoms with van der Waals surface area (Å²) in [5.74, 6) is 1.75. The molecule has 0 spiro atoms. The van der Waals surface area contributed by atoms with Crippen LogP contribution in [-0.2, 0) is 0 Å². The number of nitrogens with zero attached hydrogens (tertiary/aromatic N) is 3. The summed E-state index contributed by atoms with van der Waals surface area (Å²) in [6.45, 7) is 3.16. The van der Waals surface area contributed by atoms with E-state index in [0.717, 1.165) is 5.82 Å². The second-order valence-corrected chi connectivity index (χ2v) is 5.60. The molecule has 3 rings (SSSR count). The largest absolute Gasteiger partial charge is 0.491 e. The first-order valence-corrected chi connectivity index (χ1v) is 7.19. The number of anilines is 1. The number of aryl methyl sites for hydroxylation is 1. The van der Waals surface area contributed by atoms with Crippen molar-refractivity contribution in [2.75, 3.05) is 24.6 Å². The number of ether oxygens (including phenoxy) is 1. The van der Waals surface area contributed by atoms with Gasteiger partial charge in [-0.2, -0.15) is 0 Å². The predicted molar refractivity (Wildman–Crippen MR) is 80.4 cm³/mol. The Morgan fingerprint density at radius 3 is 2.82 bits per heavy atom. The van der Waals surface area contributed by atoms with E-state index in [4.69, 9.17) is 4.74 Å². The van der Waals surface area contributed by atoms with Crippen molar-refractivity contribution in [2.24, 2.45) is 0 Å². The van der Waals surface area contributed by atoms with Crippen molar-refractivity contribution in [3.05, 3.63) is 48.2 Å². The minimum absolute atomic E-state index is 0.166. The molecule has 22 heavy (non-hydrogen) atoms. The first-order chi connectivity index (χ1) is 10.5. The van der Waals surface area contributed by atoms with Gasteiger partial charge in [0.2, 0.25) is 0 Å². The van der Waals surface area contributed by atoms with E-state index in [-0.39, 0.29) is 12.4 Å². The van der Waals surface area contributed by atoms with Crippen molar-refractivity contribution >= 4 is 5.82 Å². The van der Waals surface area contributed by atoms with E-state index < -0.39 is 5.60 Å². The number of aliphatic hydroxyl groups is 1. The first-order valence-electron chi connectivity index (χ1n) is 7.19. The fourth-order valence-electron chi connectivity index (χ4n) is 2.54. The van der Waals surface area contributed by atoms with Crippen LogP contribution in [0.5, 0.6) is 5.75 Å². The molecule has 0 saturated carbocycles. The van der Waals surface area contributed by atoms with E-state index in [1.807, 2.05) is 17.9 Å². The molecule has 2 aromatic rings. The van der Waals surface area contributed by atoms with Gasteiger partial charge < -0.3 is 14.7 Å². The Bertz CT molecular complexity index is 650. The fourth-order valence-corrected chi connectivity index (χ4v) is 2.54. The molecule has 1 atom stereocenters. The first kappa shape index (κ1) is 14.7. The van der Waals surface area contributed by atoms with Gasteiger partial charge in [-0.25, -0.2) is 14.4 Å². The molecular formula is C16H18FN3O2. The SMILES string of the molecule is Cc1nccc(N2CC[C@](O)(COc3ccc(F)cc3)C2)n1. The van der Waals surface area contributed by atoms with Crippen molar-refractivity contribution in [2.45, 2.75) is 18.9 Å². The number of β-amino-alcohol motifs (C(OH)–C–C–N with tert-alkyl or cyclic N) is 1. The lowest BCUT2D eigenvalue weighted by atomic mass is 10.1. The molecule has 0 bridgehead atoms. The Kier molecular flexibility index (Phi) is 3.94. The minimum atomic E-state index is -0.937. The zero-order valence-electron chi connectivity index (χ0n) is 12.4. The van der Waals surface area contributed by atoms with Gasteiger partial charge in [0.15, 0.2) is 0 Å². The van der Waals surface area contributed by atoms with Crippen LogP contribution in [0.25, 0.3) is 0 Å². The molecule has 1 aromatic carbocycles. The molecule has 1 aromatic heterocycles. The van der Waals surface area contributed by atoms with Crippen LogP contribution in [0.2, 0.25) is 0 Å². The third kappa shape index (κ3) is 3.33. The topological polar surface area (TPSA) is 58.5 Å². The number of benzene rings is 1. The lowest BCUT2D eigenvalue weighted by Crippen LogP contribution is -2.39. The summed E-state index contributed by atoms with van der Waals surface area (Å²) in [5.41, 5.74) is -0.937. The van der Waals surface area contributed by atoms with E-state index in [0.29, 0.717) is 31.1 Å². The Labute approximate surface area is 128 Å². The molecule has 0 aliphatic carbocycles. The number of aromatic nitrogens is 2. The van der Waals surface area contributed by atoms with Crippen LogP contribution < -0.4 is 9.64 Å². The van der Waals surface area contributed by atoms with E-state index in [9.17, 15) is 9.50 Å². The number of rotatable bonds is 4. The van der Waals surface area contributed by atoms with Gasteiger partial charge in [0, 0.05) is 12.7 Å². The third-order valence-electron chi connectivity index (χ3n) is 3.74. The molecule has 6 heteroatoms. The maximum Gasteiger partial charge on any atom is 0.132 e. The van der Waals surface area contributed by atoms with E-state index in [1.165, 1.54) is 12.1 Å². The van der Waals surface area contributed by atoms with Crippen LogP contribution in [-0.4, -0.2) is 40.4 Å². The molecule has 5 nitrogen and oxygen atoms in total. The molecule has 116 valence electrons. The Morgan fingerprint density at radius 2 is 2.09 bits per heavy atom. The van der Waals surface area contributed by atoms with Crippen LogP contribution in [0, 0.1) is 12.7 Å². The van der Waals surface area contributed by atoms with Gasteiger partial charge in [-0.1, -0.05) is 0 Å². The van der Waals surface area contributed by atoms with Crippen LogP contribution in [0.3, 0.4) is 0 Å². The van der Waals surface area contributed by atoms with Gasteiger partial charge in [0.05, 0.1) is 6.54 Å². The van der Waals surface area contributed by atoms with Crippen molar-refractivity contribution in [3.8, 4) is 5.75 Å². The molecule has 0 unspecified atom stereocenters. The second kappa shape index (κ2) is 5.88. The highest BCUT2D eigenvalue weighted by Gasteiger charge is 2.37. The molecule has 2 heterocycles. The quantitative estimate of drug-likeness (QED) is 0.935. The van der Waals surface area contributed by atoms with Gasteiger partial charge >= 0.3 is 0 Å². The molecule has 0 amide bonds. The zero-order chi connectivity index (χ0) is 15.6. The Balaban J connectivity index is 1.61. The fraction of sp³-hybridized carbons (Fsp3) is 0.375. The summed E-state index contributed by atoms with van der Waals surface area (Å²) < 4.78 is 18.4. The normalized spacial score (nSPS) is 21.1. The van der Waals surface area contributed by atoms with Crippen molar-refractivity contribution < 1.29 is 14.2 Å². The summed E-state index contributed by atoms with van der Waals surface area (Å²) in [6.07, 6.45) is 2.31. The average Bonchev–Trinajstić information content (AvgIpc) is 2.90. The van der Waals surface area contributed by atoms with E-state index >= 15 is 0 Å². The number of hydrogen-bond acceptors (Lipinski definition) is 5. The maximum atomic E-state index is 12.9. The molecular weight excluding hydrogens is 285 g/mol. The second-order valence-electron chi connectivity index (χ2n) is 5.60. The van der Waals surface area contributed by atoms with Crippen LogP contribution in [0.15, 0.2) is 36.5 Å². The highest BCUT2D eigenvalue weighted by atomic mass is 19.1. The minimum Gasteiger partial charge on any atom is -0.491 e. The molecule has 1 aliphatic heterocycles. The number of hydrogen-bond donors (Lipinski definition) is 1. The summed E-state index contributed by atoms with van der Waals surface area (Å²) in [6, 6.07) is 7.62. The van der Waals surface area contributed by atoms with Crippen molar-refractivity contribution in [1.82, 2.24) is 9.97 Å². The van der Waals surface area contributed by atoms with E-state index in [2.05, 4.69) is 9.97 Å². The molecule has 1 aliphatic rings. The molecule has 1 fully saturated rings. The molecule has 1 N–H and O–H groups in total. The highest BCUT2D eigenvalue weighted by Crippen LogP contribution is 2.26. The van der Waals surface area contributed by atoms with Crippen LogP contribution in [0.4, 0.5) is 10.2 Å². The van der Waals surface area contributed by atoms with Gasteiger partial charge in [-0.05, 0) is 43.7 Å². The van der Waals surface area contributed by atoms with Gasteiger partial charge in [-0.15, -0.1) is 0 Å². The summed E-state index contributed by atoms with van der Waals surface area (Å²) in [4.78, 5) is 10.5. The summed E-state index contributed by atoms with van der Waals surface area (Å²) in [7, 11) is 0. The van der Waals surface area contributed by atoms with Crippen LogP contribution >= 0.6 is 0 Å². The Morgan fingerprint density at radius 1 is 1.32 bits per heavy atom. The third-order valence-corrected chi connectivity index (χ3v) is 3.74. The average molecular weight is 303 g/mol. The van der Waals surface area contributed by atoms with Gasteiger partial charge in [0.25, 0.3) is 0 Å². The summed E-state index contributed by atoms with van der Waals surface area (Å²) in [5, 5.41) is 10.6. The summed E-state index contributed by atoms with van der Waals surface area (Å²) >= 11 is 0. The smallest absolute Gasteiger partial charge is 0.132 e. The van der Waals surface area contributed by atoms with Gasteiger partial charge in [-0.3, -0.25) is 0 Å². The van der Waals surface area contributed by atoms with Crippen molar-refractivity contribution in [3.63, 3.8) is 0 Å². The zero-order valence-corrected chi connectivity index (χ0v) is 12.4. The van der Waals surface area contributed by atoms with Crippen molar-refractivity contribution in [1.29, 1.82) is 0 Å². The predicted octanol–water partition coefficient (Wildman–Crippen LogP) is 1.94. The standard InChI is InChI=1S/C16H18FN3O2/c1-12-18-8-6-15(19-12)20-9-7-16(21,10-20)11-22-14-4-2-13(17)3-5-14/h2-6,8,21H,7,9-11H2,1H3/t16-/m1/s1. The lowest BCUT2D eigenvalue weighted by molar-refractivity contribution is 0.0144. The molecule has 0 radical (unpaired) electrons. The van der Waals surface area contributed by atoms with E-state index in [1.54, 1.807) is 18.3 Å². The van der Waals surface area contributed by atoms with Gasteiger partial charge in [0.1, 0.15) is 35.4 Å². The lowest BCUT2D eigenvalue weighted by Gasteiger charge is -2.24. The molecule has 1 saturated heterocycles.